The Kier molecular flexibility index (Phi) is 5.53. The molecule has 0 amide bonds. The normalized spacial score (nSPS) is 15.2. The molecular weight excluding hydrogens is 426 g/mol. The minimum absolute atomic E-state index is 0.381. The van der Waals surface area contributed by atoms with E-state index in [0.29, 0.717) is 30.2 Å². The SMILES string of the molecule is COc1noc2c(C)cc(/C(=C/CCN3CCOO3)c3cc(C)c4oc(=O)n(C)c4c3)cc12. The molecule has 0 bridgehead atoms. The minimum Gasteiger partial charge on any atom is -0.478 e. The Hall–Kier alpha value is -3.40. The summed E-state index contributed by atoms with van der Waals surface area (Å²) >= 11 is 0. The average Bonchev–Trinajstić information content (AvgIpc) is 3.52. The number of fused-ring (bicyclic) bond motifs is 2. The van der Waals surface area contributed by atoms with Crippen molar-refractivity contribution in [3.8, 4) is 5.88 Å². The fraction of sp³-hybridized carbons (Fsp3) is 0.333. The van der Waals surface area contributed by atoms with Crippen LogP contribution in [-0.4, -0.2) is 41.6 Å². The van der Waals surface area contributed by atoms with Crippen molar-refractivity contribution in [3.63, 3.8) is 0 Å². The molecule has 2 aromatic heterocycles. The maximum Gasteiger partial charge on any atom is 0.419 e. The predicted octanol–water partition coefficient (Wildman–Crippen LogP) is 3.90. The average molecular weight is 451 g/mol. The van der Waals surface area contributed by atoms with Gasteiger partial charge in [-0.1, -0.05) is 6.08 Å². The molecule has 0 aliphatic carbocycles. The third kappa shape index (κ3) is 3.84. The zero-order valence-electron chi connectivity index (χ0n) is 19.0. The number of rotatable bonds is 6. The van der Waals surface area contributed by atoms with Crippen LogP contribution in [0.4, 0.5) is 0 Å². The van der Waals surface area contributed by atoms with Crippen LogP contribution in [0, 0.1) is 13.8 Å². The van der Waals surface area contributed by atoms with Gasteiger partial charge in [-0.25, -0.2) is 9.68 Å². The molecule has 0 radical (unpaired) electrons. The van der Waals surface area contributed by atoms with Gasteiger partial charge in [0, 0.05) is 13.6 Å². The van der Waals surface area contributed by atoms with Crippen molar-refractivity contribution < 1.29 is 23.6 Å². The van der Waals surface area contributed by atoms with Gasteiger partial charge in [0.15, 0.2) is 11.2 Å². The number of nitrogens with zero attached hydrogens (tertiary/aromatic N) is 3. The summed E-state index contributed by atoms with van der Waals surface area (Å²) in [5.74, 6) is 0.0641. The van der Waals surface area contributed by atoms with E-state index in [1.54, 1.807) is 19.2 Å². The molecule has 4 aromatic rings. The third-order valence-corrected chi connectivity index (χ3v) is 5.93. The molecule has 3 heterocycles. The van der Waals surface area contributed by atoms with Gasteiger partial charge in [0.05, 0.1) is 31.2 Å². The molecule has 0 atom stereocenters. The summed E-state index contributed by atoms with van der Waals surface area (Å²) in [4.78, 5) is 22.2. The second-order valence-corrected chi connectivity index (χ2v) is 8.16. The lowest BCUT2D eigenvalue weighted by Gasteiger charge is -2.13. The van der Waals surface area contributed by atoms with Crippen molar-refractivity contribution in [3.05, 3.63) is 63.1 Å². The van der Waals surface area contributed by atoms with Crippen LogP contribution in [0.2, 0.25) is 0 Å². The van der Waals surface area contributed by atoms with E-state index in [1.807, 2.05) is 32.0 Å². The van der Waals surface area contributed by atoms with Crippen LogP contribution in [0.5, 0.6) is 5.88 Å². The molecule has 172 valence electrons. The van der Waals surface area contributed by atoms with Crippen LogP contribution in [0.15, 0.2) is 44.1 Å². The summed E-state index contributed by atoms with van der Waals surface area (Å²) in [6.07, 6.45) is 2.90. The Balaban J connectivity index is 1.65. The van der Waals surface area contributed by atoms with Gasteiger partial charge in [-0.15, -0.1) is 4.99 Å². The third-order valence-electron chi connectivity index (χ3n) is 5.93. The molecular formula is C24H25N3O6. The van der Waals surface area contributed by atoms with Crippen molar-refractivity contribution in [1.29, 1.82) is 0 Å². The molecule has 0 unspecified atom stereocenters. The Labute approximate surface area is 189 Å². The van der Waals surface area contributed by atoms with Crippen LogP contribution in [-0.2, 0) is 16.9 Å². The zero-order valence-corrected chi connectivity index (χ0v) is 19.0. The van der Waals surface area contributed by atoms with Crippen molar-refractivity contribution in [1.82, 2.24) is 14.8 Å². The molecule has 33 heavy (non-hydrogen) atoms. The molecule has 1 aliphatic rings. The lowest BCUT2D eigenvalue weighted by Crippen LogP contribution is -2.18. The lowest BCUT2D eigenvalue weighted by molar-refractivity contribution is -0.369. The molecule has 9 nitrogen and oxygen atoms in total. The summed E-state index contributed by atoms with van der Waals surface area (Å²) in [6.45, 7) is 5.90. The molecule has 0 N–H and O–H groups in total. The number of hydrogen-bond acceptors (Lipinski definition) is 8. The van der Waals surface area contributed by atoms with E-state index in [-0.39, 0.29) is 5.76 Å². The molecule has 0 saturated carbocycles. The smallest absolute Gasteiger partial charge is 0.419 e. The number of oxazole rings is 1. The summed E-state index contributed by atoms with van der Waals surface area (Å²) in [7, 11) is 3.29. The molecule has 1 saturated heterocycles. The van der Waals surface area contributed by atoms with Crippen LogP contribution < -0.4 is 10.5 Å². The first-order valence-corrected chi connectivity index (χ1v) is 10.8. The van der Waals surface area contributed by atoms with E-state index >= 15 is 0 Å². The molecule has 5 rings (SSSR count). The van der Waals surface area contributed by atoms with Gasteiger partial charge in [0.2, 0.25) is 0 Å². The Morgan fingerprint density at radius 1 is 1.15 bits per heavy atom. The van der Waals surface area contributed by atoms with Gasteiger partial charge in [0.25, 0.3) is 5.88 Å². The highest BCUT2D eigenvalue weighted by atomic mass is 17.3. The summed E-state index contributed by atoms with van der Waals surface area (Å²) in [5.41, 5.74) is 6.87. The highest BCUT2D eigenvalue weighted by Crippen LogP contribution is 2.35. The quantitative estimate of drug-likeness (QED) is 0.408. The predicted molar refractivity (Wildman–Crippen MR) is 122 cm³/mol. The molecule has 1 fully saturated rings. The second kappa shape index (κ2) is 8.51. The van der Waals surface area contributed by atoms with Gasteiger partial charge in [-0.3, -0.25) is 4.57 Å². The first-order chi connectivity index (χ1) is 16.0. The number of benzene rings is 2. The van der Waals surface area contributed by atoms with Crippen molar-refractivity contribution in [2.45, 2.75) is 20.3 Å². The fourth-order valence-corrected chi connectivity index (χ4v) is 4.23. The number of aromatic nitrogens is 2. The standard InChI is InChI=1S/C24H25N3O6/c1-14-10-16(12-19-21(14)32-25-23(19)29-4)18(6-5-7-27-8-9-30-33-27)17-11-15(2)22-20(13-17)26(3)24(28)31-22/h6,10-13H,5,7-9H2,1-4H3/b18-6-. The Morgan fingerprint density at radius 2 is 1.91 bits per heavy atom. The lowest BCUT2D eigenvalue weighted by atomic mass is 9.93. The van der Waals surface area contributed by atoms with E-state index in [0.717, 1.165) is 51.7 Å². The summed E-state index contributed by atoms with van der Waals surface area (Å²) in [5, 5.41) is 6.63. The number of hydroxylamine groups is 2. The molecule has 2 aromatic carbocycles. The van der Waals surface area contributed by atoms with E-state index in [9.17, 15) is 4.79 Å². The van der Waals surface area contributed by atoms with Gasteiger partial charge in [0.1, 0.15) is 0 Å². The Morgan fingerprint density at radius 3 is 2.64 bits per heavy atom. The molecule has 1 aliphatic heterocycles. The van der Waals surface area contributed by atoms with Gasteiger partial charge in [-0.05, 0) is 77.5 Å². The van der Waals surface area contributed by atoms with Gasteiger partial charge < -0.3 is 13.7 Å². The first kappa shape index (κ1) is 21.4. The molecule has 9 heteroatoms. The number of aryl methyl sites for hydroxylation is 3. The zero-order chi connectivity index (χ0) is 23.1. The largest absolute Gasteiger partial charge is 0.478 e. The fourth-order valence-electron chi connectivity index (χ4n) is 4.23. The van der Waals surface area contributed by atoms with Crippen molar-refractivity contribution >= 4 is 27.6 Å². The van der Waals surface area contributed by atoms with E-state index < -0.39 is 0 Å². The van der Waals surface area contributed by atoms with E-state index in [1.165, 1.54) is 4.57 Å². The summed E-state index contributed by atoms with van der Waals surface area (Å²) in [6, 6.07) is 8.12. The highest BCUT2D eigenvalue weighted by Gasteiger charge is 2.18. The van der Waals surface area contributed by atoms with Crippen LogP contribution in [0.25, 0.3) is 27.6 Å². The maximum atomic E-state index is 12.1. The number of ether oxygens (including phenoxy) is 1. The first-order valence-electron chi connectivity index (χ1n) is 10.8. The van der Waals surface area contributed by atoms with E-state index in [4.69, 9.17) is 23.6 Å². The topological polar surface area (TPSA) is 92.1 Å². The highest BCUT2D eigenvalue weighted by molar-refractivity contribution is 5.93. The Bertz CT molecular complexity index is 1420. The van der Waals surface area contributed by atoms with Gasteiger partial charge in [-0.2, -0.15) is 5.06 Å². The van der Waals surface area contributed by atoms with E-state index in [2.05, 4.69) is 17.3 Å². The maximum absolute atomic E-state index is 12.1. The van der Waals surface area contributed by atoms with Crippen molar-refractivity contribution in [2.24, 2.45) is 7.05 Å². The van der Waals surface area contributed by atoms with Crippen molar-refractivity contribution in [2.75, 3.05) is 26.8 Å². The van der Waals surface area contributed by atoms with Gasteiger partial charge >= 0.3 is 5.76 Å². The van der Waals surface area contributed by atoms with Crippen LogP contribution in [0.3, 0.4) is 0 Å². The van der Waals surface area contributed by atoms with Crippen LogP contribution >= 0.6 is 0 Å². The number of methoxy groups -OCH3 is 1. The monoisotopic (exact) mass is 451 g/mol. The minimum atomic E-state index is -0.381. The second-order valence-electron chi connectivity index (χ2n) is 8.16. The summed E-state index contributed by atoms with van der Waals surface area (Å²) < 4.78 is 17.8. The molecule has 0 spiro atoms. The number of hydrogen-bond donors (Lipinski definition) is 0. The van der Waals surface area contributed by atoms with Crippen LogP contribution in [0.1, 0.15) is 28.7 Å².